The highest BCUT2D eigenvalue weighted by atomic mass is 35.5. The third-order valence-electron chi connectivity index (χ3n) is 2.84. The molecule has 90 valence electrons. The minimum Gasteiger partial charge on any atom is -0.365 e. The number of nitrogens with one attached hydrogen (secondary N) is 1. The number of rotatable bonds is 4. The van der Waals surface area contributed by atoms with Crippen LogP contribution in [0.25, 0.3) is 10.9 Å². The number of halogens is 1. The van der Waals surface area contributed by atoms with Gasteiger partial charge in [0.25, 0.3) is 0 Å². The van der Waals surface area contributed by atoms with Crippen molar-refractivity contribution in [1.29, 1.82) is 0 Å². The van der Waals surface area contributed by atoms with Crippen molar-refractivity contribution < 1.29 is 0 Å². The third-order valence-corrected chi connectivity index (χ3v) is 3.17. The van der Waals surface area contributed by atoms with E-state index in [2.05, 4.69) is 29.1 Å². The number of hydrogen-bond donors (Lipinski definition) is 1. The lowest BCUT2D eigenvalue weighted by Gasteiger charge is -2.20. The standard InChI is InChI=1S/C13H16ClN3/c1-9(2)12(7-14)17-13-10-5-3-4-6-11(10)15-8-16-13/h3-6,8-9,12H,7H2,1-2H3,(H,15,16,17). The molecule has 0 aliphatic carbocycles. The molecule has 1 unspecified atom stereocenters. The number of anilines is 1. The first-order chi connectivity index (χ1) is 8.22. The Morgan fingerprint density at radius 3 is 2.71 bits per heavy atom. The Morgan fingerprint density at radius 2 is 2.00 bits per heavy atom. The van der Waals surface area contributed by atoms with Gasteiger partial charge in [0.05, 0.1) is 5.52 Å². The van der Waals surface area contributed by atoms with Crippen LogP contribution in [0.2, 0.25) is 0 Å². The smallest absolute Gasteiger partial charge is 0.137 e. The van der Waals surface area contributed by atoms with E-state index in [1.807, 2.05) is 24.3 Å². The number of para-hydroxylation sites is 1. The summed E-state index contributed by atoms with van der Waals surface area (Å²) >= 11 is 5.96. The van der Waals surface area contributed by atoms with Gasteiger partial charge in [-0.1, -0.05) is 26.0 Å². The number of fused-ring (bicyclic) bond motifs is 1. The van der Waals surface area contributed by atoms with Crippen LogP contribution < -0.4 is 5.32 Å². The quantitative estimate of drug-likeness (QED) is 0.845. The van der Waals surface area contributed by atoms with E-state index in [9.17, 15) is 0 Å². The Hall–Kier alpha value is -1.35. The molecule has 0 saturated carbocycles. The molecule has 17 heavy (non-hydrogen) atoms. The van der Waals surface area contributed by atoms with Crippen LogP contribution in [0.15, 0.2) is 30.6 Å². The Bertz CT molecular complexity index is 493. The van der Waals surface area contributed by atoms with Crippen molar-refractivity contribution in [2.75, 3.05) is 11.2 Å². The fourth-order valence-corrected chi connectivity index (χ4v) is 2.11. The molecule has 3 nitrogen and oxygen atoms in total. The second-order valence-electron chi connectivity index (χ2n) is 4.39. The third kappa shape index (κ3) is 2.67. The van der Waals surface area contributed by atoms with Crippen molar-refractivity contribution in [3.05, 3.63) is 30.6 Å². The molecule has 1 atom stereocenters. The average Bonchev–Trinajstić information content (AvgIpc) is 2.35. The van der Waals surface area contributed by atoms with Gasteiger partial charge >= 0.3 is 0 Å². The van der Waals surface area contributed by atoms with E-state index < -0.39 is 0 Å². The summed E-state index contributed by atoms with van der Waals surface area (Å²) < 4.78 is 0. The highest BCUT2D eigenvalue weighted by Gasteiger charge is 2.13. The Kier molecular flexibility index (Phi) is 3.79. The van der Waals surface area contributed by atoms with E-state index in [4.69, 9.17) is 11.6 Å². The molecule has 0 aliphatic rings. The van der Waals surface area contributed by atoms with Crippen LogP contribution >= 0.6 is 11.6 Å². The molecule has 0 amide bonds. The van der Waals surface area contributed by atoms with Crippen molar-refractivity contribution in [2.24, 2.45) is 5.92 Å². The number of alkyl halides is 1. The normalized spacial score (nSPS) is 12.9. The number of aromatic nitrogens is 2. The lowest BCUT2D eigenvalue weighted by atomic mass is 10.1. The highest BCUT2D eigenvalue weighted by Crippen LogP contribution is 2.20. The SMILES string of the molecule is CC(C)C(CCl)Nc1ncnc2ccccc12. The van der Waals surface area contributed by atoms with Gasteiger partial charge in [0.2, 0.25) is 0 Å². The van der Waals surface area contributed by atoms with Crippen LogP contribution in [0.3, 0.4) is 0 Å². The van der Waals surface area contributed by atoms with Gasteiger partial charge in [-0.15, -0.1) is 11.6 Å². The summed E-state index contributed by atoms with van der Waals surface area (Å²) in [5.74, 6) is 1.88. The molecular formula is C13H16ClN3. The van der Waals surface area contributed by atoms with Crippen molar-refractivity contribution in [3.8, 4) is 0 Å². The second kappa shape index (κ2) is 5.32. The molecule has 0 aliphatic heterocycles. The minimum absolute atomic E-state index is 0.218. The van der Waals surface area contributed by atoms with E-state index in [0.717, 1.165) is 16.7 Å². The predicted octanol–water partition coefficient (Wildman–Crippen LogP) is 3.31. The first kappa shape index (κ1) is 12.1. The first-order valence-electron chi connectivity index (χ1n) is 5.74. The summed E-state index contributed by atoms with van der Waals surface area (Å²) in [6, 6.07) is 8.18. The zero-order valence-corrected chi connectivity index (χ0v) is 10.8. The van der Waals surface area contributed by atoms with Gasteiger partial charge in [-0.2, -0.15) is 0 Å². The lowest BCUT2D eigenvalue weighted by molar-refractivity contribution is 0.563. The van der Waals surface area contributed by atoms with Gasteiger partial charge in [-0.05, 0) is 18.1 Å². The van der Waals surface area contributed by atoms with Gasteiger partial charge in [0, 0.05) is 17.3 Å². The van der Waals surface area contributed by atoms with Crippen LogP contribution in [-0.2, 0) is 0 Å². The van der Waals surface area contributed by atoms with Crippen LogP contribution in [0, 0.1) is 5.92 Å². The Labute approximate surface area is 106 Å². The molecule has 2 rings (SSSR count). The molecule has 1 N–H and O–H groups in total. The zero-order chi connectivity index (χ0) is 12.3. The lowest BCUT2D eigenvalue weighted by Crippen LogP contribution is -2.27. The largest absolute Gasteiger partial charge is 0.365 e. The number of benzene rings is 1. The van der Waals surface area contributed by atoms with Crippen LogP contribution in [0.1, 0.15) is 13.8 Å². The van der Waals surface area contributed by atoms with Crippen LogP contribution in [0.4, 0.5) is 5.82 Å². The molecule has 0 saturated heterocycles. The summed E-state index contributed by atoms with van der Waals surface area (Å²) in [7, 11) is 0. The topological polar surface area (TPSA) is 37.8 Å². The van der Waals surface area contributed by atoms with Crippen molar-refractivity contribution in [2.45, 2.75) is 19.9 Å². The number of hydrogen-bond acceptors (Lipinski definition) is 3. The average molecular weight is 250 g/mol. The fraction of sp³-hybridized carbons (Fsp3) is 0.385. The fourth-order valence-electron chi connectivity index (χ4n) is 1.68. The van der Waals surface area contributed by atoms with Gasteiger partial charge in [0.15, 0.2) is 0 Å². The summed E-state index contributed by atoms with van der Waals surface area (Å²) in [5, 5.41) is 4.42. The summed E-state index contributed by atoms with van der Waals surface area (Å²) in [6.45, 7) is 4.28. The van der Waals surface area contributed by atoms with E-state index in [-0.39, 0.29) is 6.04 Å². The maximum absolute atomic E-state index is 5.96. The summed E-state index contributed by atoms with van der Waals surface area (Å²) in [4.78, 5) is 8.53. The second-order valence-corrected chi connectivity index (χ2v) is 4.70. The number of nitrogens with zero attached hydrogens (tertiary/aromatic N) is 2. The molecule has 4 heteroatoms. The van der Waals surface area contributed by atoms with Crippen molar-refractivity contribution in [1.82, 2.24) is 9.97 Å². The summed E-state index contributed by atoms with van der Waals surface area (Å²) in [5.41, 5.74) is 0.946. The van der Waals surface area contributed by atoms with E-state index >= 15 is 0 Å². The minimum atomic E-state index is 0.218. The molecule has 1 aromatic heterocycles. The Balaban J connectivity index is 2.35. The van der Waals surface area contributed by atoms with Gasteiger partial charge < -0.3 is 5.32 Å². The molecule has 0 spiro atoms. The van der Waals surface area contributed by atoms with Crippen LogP contribution in [-0.4, -0.2) is 21.9 Å². The van der Waals surface area contributed by atoms with Gasteiger partial charge in [0.1, 0.15) is 12.1 Å². The highest BCUT2D eigenvalue weighted by molar-refractivity contribution is 6.18. The van der Waals surface area contributed by atoms with E-state index in [1.165, 1.54) is 0 Å². The van der Waals surface area contributed by atoms with Crippen molar-refractivity contribution >= 4 is 28.3 Å². The molecular weight excluding hydrogens is 234 g/mol. The predicted molar refractivity (Wildman–Crippen MR) is 72.5 cm³/mol. The maximum atomic E-state index is 5.96. The summed E-state index contributed by atoms with van der Waals surface area (Å²) in [6.07, 6.45) is 1.58. The molecule has 1 heterocycles. The van der Waals surface area contributed by atoms with Gasteiger partial charge in [-0.3, -0.25) is 0 Å². The zero-order valence-electron chi connectivity index (χ0n) is 10.0. The molecule has 0 bridgehead atoms. The monoisotopic (exact) mass is 249 g/mol. The molecule has 1 aromatic carbocycles. The molecule has 2 aromatic rings. The van der Waals surface area contributed by atoms with E-state index in [0.29, 0.717) is 11.8 Å². The Morgan fingerprint density at radius 1 is 1.24 bits per heavy atom. The first-order valence-corrected chi connectivity index (χ1v) is 6.28. The van der Waals surface area contributed by atoms with E-state index in [1.54, 1.807) is 6.33 Å². The van der Waals surface area contributed by atoms with Crippen molar-refractivity contribution in [3.63, 3.8) is 0 Å². The van der Waals surface area contributed by atoms with Gasteiger partial charge in [-0.25, -0.2) is 9.97 Å². The maximum Gasteiger partial charge on any atom is 0.137 e. The van der Waals surface area contributed by atoms with Crippen LogP contribution in [0.5, 0.6) is 0 Å². The molecule has 0 radical (unpaired) electrons. The molecule has 0 fully saturated rings.